The Kier molecular flexibility index (Phi) is 5.00. The third-order valence-electron chi connectivity index (χ3n) is 3.89. The van der Waals surface area contributed by atoms with Crippen LogP contribution in [0.2, 0.25) is 0 Å². The molecule has 2 amide bonds. The molecule has 25 heavy (non-hydrogen) atoms. The number of nitrogens with zero attached hydrogens (tertiary/aromatic N) is 3. The molecule has 1 saturated heterocycles. The highest BCUT2D eigenvalue weighted by Gasteiger charge is 2.32. The average Bonchev–Trinajstić information content (AvgIpc) is 2.63. The highest BCUT2D eigenvalue weighted by molar-refractivity contribution is 5.75. The van der Waals surface area contributed by atoms with Gasteiger partial charge in [0, 0.05) is 18.8 Å². The second-order valence-corrected chi connectivity index (χ2v) is 5.65. The number of carbonyl (C=O) groups excluding carboxylic acids is 1. The molecule has 0 unspecified atom stereocenters. The Hall–Kier alpha value is -3.27. The number of amides is 2. The third kappa shape index (κ3) is 4.18. The lowest BCUT2D eigenvalue weighted by Crippen LogP contribution is -2.58. The Labute approximate surface area is 145 Å². The number of hydrogen-bond acceptors (Lipinski definition) is 5. The van der Waals surface area contributed by atoms with E-state index in [1.165, 1.54) is 6.20 Å². The summed E-state index contributed by atoms with van der Waals surface area (Å²) in [4.78, 5) is 17.8. The van der Waals surface area contributed by atoms with Crippen LogP contribution >= 0.6 is 0 Å². The number of methoxy groups -OCH3 is 1. The number of carbonyl (C=O) groups is 1. The van der Waals surface area contributed by atoms with Gasteiger partial charge in [-0.15, -0.1) is 0 Å². The zero-order valence-electron chi connectivity index (χ0n) is 13.8. The normalized spacial score (nSPS) is 13.5. The largest absolute Gasteiger partial charge is 0.497 e. The molecule has 0 spiro atoms. The maximum atomic E-state index is 12.1. The number of ether oxygens (including phenoxy) is 2. The molecule has 7 heteroatoms. The van der Waals surface area contributed by atoms with E-state index in [4.69, 9.17) is 14.7 Å². The number of likely N-dealkylation sites (tertiary alicyclic amines) is 1. The van der Waals surface area contributed by atoms with E-state index in [9.17, 15) is 4.79 Å². The quantitative estimate of drug-likeness (QED) is 0.900. The number of aromatic nitrogens is 1. The third-order valence-corrected chi connectivity index (χ3v) is 3.89. The minimum atomic E-state index is -0.122. The standard InChI is InChI=1S/C18H18N4O3/c1-24-15-5-2-13(3-6-15)9-21-18(23)22-11-16(12-22)25-17-7-4-14(8-19)10-20-17/h2-7,10,16H,9,11-12H2,1H3,(H,21,23). The second kappa shape index (κ2) is 7.53. The first-order chi connectivity index (χ1) is 12.2. The van der Waals surface area contributed by atoms with Gasteiger partial charge in [0.1, 0.15) is 17.9 Å². The molecule has 2 aromatic rings. The van der Waals surface area contributed by atoms with E-state index < -0.39 is 0 Å². The number of hydrogen-bond donors (Lipinski definition) is 1. The van der Waals surface area contributed by atoms with Crippen molar-refractivity contribution in [2.75, 3.05) is 20.2 Å². The zero-order chi connectivity index (χ0) is 17.6. The Bertz CT molecular complexity index is 762. The maximum Gasteiger partial charge on any atom is 0.317 e. The van der Waals surface area contributed by atoms with E-state index in [2.05, 4.69) is 10.3 Å². The lowest BCUT2D eigenvalue weighted by molar-refractivity contribution is 0.0413. The van der Waals surface area contributed by atoms with Crippen molar-refractivity contribution in [3.05, 3.63) is 53.7 Å². The van der Waals surface area contributed by atoms with Crippen LogP contribution in [0.5, 0.6) is 11.6 Å². The summed E-state index contributed by atoms with van der Waals surface area (Å²) < 4.78 is 10.8. The van der Waals surface area contributed by atoms with Gasteiger partial charge >= 0.3 is 6.03 Å². The summed E-state index contributed by atoms with van der Waals surface area (Å²) in [6, 6.07) is 12.7. The van der Waals surface area contributed by atoms with Crippen molar-refractivity contribution < 1.29 is 14.3 Å². The Morgan fingerprint density at radius 3 is 2.68 bits per heavy atom. The van der Waals surface area contributed by atoms with Crippen LogP contribution in [0.25, 0.3) is 0 Å². The van der Waals surface area contributed by atoms with Gasteiger partial charge in [0.05, 0.1) is 25.8 Å². The molecule has 1 aromatic heterocycles. The van der Waals surface area contributed by atoms with E-state index in [0.29, 0.717) is 31.1 Å². The number of nitriles is 1. The molecule has 1 N–H and O–H groups in total. The SMILES string of the molecule is COc1ccc(CNC(=O)N2CC(Oc3ccc(C#N)cn3)C2)cc1. The summed E-state index contributed by atoms with van der Waals surface area (Å²) in [6.07, 6.45) is 1.39. The monoisotopic (exact) mass is 338 g/mol. The van der Waals surface area contributed by atoms with Crippen molar-refractivity contribution in [2.45, 2.75) is 12.6 Å². The minimum Gasteiger partial charge on any atom is -0.497 e. The van der Waals surface area contributed by atoms with E-state index in [-0.39, 0.29) is 12.1 Å². The number of pyridine rings is 1. The molecule has 2 heterocycles. The summed E-state index contributed by atoms with van der Waals surface area (Å²) in [5.74, 6) is 1.25. The zero-order valence-corrected chi connectivity index (χ0v) is 13.8. The van der Waals surface area contributed by atoms with Crippen LogP contribution in [0.1, 0.15) is 11.1 Å². The molecule has 0 aliphatic carbocycles. The molecule has 1 aromatic carbocycles. The fourth-order valence-corrected chi connectivity index (χ4v) is 2.40. The summed E-state index contributed by atoms with van der Waals surface area (Å²) in [5, 5.41) is 11.6. The van der Waals surface area contributed by atoms with Crippen LogP contribution < -0.4 is 14.8 Å². The Morgan fingerprint density at radius 2 is 2.08 bits per heavy atom. The fraction of sp³-hybridized carbons (Fsp3) is 0.278. The number of urea groups is 1. The Morgan fingerprint density at radius 1 is 1.32 bits per heavy atom. The van der Waals surface area contributed by atoms with Crippen LogP contribution in [0.4, 0.5) is 4.79 Å². The van der Waals surface area contributed by atoms with Crippen LogP contribution in [0.3, 0.4) is 0 Å². The van der Waals surface area contributed by atoms with Gasteiger partial charge in [0.2, 0.25) is 5.88 Å². The molecular weight excluding hydrogens is 320 g/mol. The molecule has 0 radical (unpaired) electrons. The highest BCUT2D eigenvalue weighted by atomic mass is 16.5. The molecular formula is C18H18N4O3. The van der Waals surface area contributed by atoms with Crippen LogP contribution in [-0.4, -0.2) is 42.2 Å². The van der Waals surface area contributed by atoms with Gasteiger partial charge in [-0.3, -0.25) is 0 Å². The lowest BCUT2D eigenvalue weighted by atomic mass is 10.2. The predicted molar refractivity (Wildman–Crippen MR) is 90.2 cm³/mol. The molecule has 0 saturated carbocycles. The number of benzene rings is 1. The van der Waals surface area contributed by atoms with Crippen LogP contribution in [0.15, 0.2) is 42.6 Å². The van der Waals surface area contributed by atoms with Crippen molar-refractivity contribution in [1.29, 1.82) is 5.26 Å². The van der Waals surface area contributed by atoms with Gasteiger partial charge in [0.25, 0.3) is 0 Å². The smallest absolute Gasteiger partial charge is 0.317 e. The molecule has 0 bridgehead atoms. The Balaban J connectivity index is 1.40. The number of nitrogens with one attached hydrogen (secondary N) is 1. The molecule has 1 aliphatic heterocycles. The molecule has 1 aliphatic rings. The van der Waals surface area contributed by atoms with E-state index in [1.807, 2.05) is 30.3 Å². The first-order valence-corrected chi connectivity index (χ1v) is 7.86. The van der Waals surface area contributed by atoms with Crippen molar-refractivity contribution in [1.82, 2.24) is 15.2 Å². The first kappa shape index (κ1) is 16.6. The summed E-state index contributed by atoms with van der Waals surface area (Å²) >= 11 is 0. The van der Waals surface area contributed by atoms with Crippen molar-refractivity contribution >= 4 is 6.03 Å². The van der Waals surface area contributed by atoms with Crippen molar-refractivity contribution in [3.63, 3.8) is 0 Å². The first-order valence-electron chi connectivity index (χ1n) is 7.86. The molecule has 128 valence electrons. The van der Waals surface area contributed by atoms with Crippen LogP contribution in [0, 0.1) is 11.3 Å². The van der Waals surface area contributed by atoms with Gasteiger partial charge in [-0.1, -0.05) is 12.1 Å². The predicted octanol–water partition coefficient (Wildman–Crippen LogP) is 1.93. The van der Waals surface area contributed by atoms with Gasteiger partial charge in [-0.25, -0.2) is 9.78 Å². The number of rotatable bonds is 5. The van der Waals surface area contributed by atoms with Crippen molar-refractivity contribution in [3.8, 4) is 17.7 Å². The minimum absolute atomic E-state index is 0.0767. The lowest BCUT2D eigenvalue weighted by Gasteiger charge is -2.38. The fourth-order valence-electron chi connectivity index (χ4n) is 2.40. The summed E-state index contributed by atoms with van der Waals surface area (Å²) in [6.45, 7) is 1.48. The van der Waals surface area contributed by atoms with Crippen LogP contribution in [-0.2, 0) is 6.54 Å². The second-order valence-electron chi connectivity index (χ2n) is 5.65. The van der Waals surface area contributed by atoms with E-state index in [0.717, 1.165) is 11.3 Å². The maximum absolute atomic E-state index is 12.1. The summed E-state index contributed by atoms with van der Waals surface area (Å²) in [7, 11) is 1.62. The molecule has 3 rings (SSSR count). The average molecular weight is 338 g/mol. The van der Waals surface area contributed by atoms with Gasteiger partial charge in [-0.05, 0) is 23.8 Å². The highest BCUT2D eigenvalue weighted by Crippen LogP contribution is 2.17. The topological polar surface area (TPSA) is 87.5 Å². The summed E-state index contributed by atoms with van der Waals surface area (Å²) in [5.41, 5.74) is 1.49. The molecule has 7 nitrogen and oxygen atoms in total. The van der Waals surface area contributed by atoms with E-state index >= 15 is 0 Å². The molecule has 0 atom stereocenters. The van der Waals surface area contributed by atoms with Gasteiger partial charge in [0.15, 0.2) is 0 Å². The van der Waals surface area contributed by atoms with E-state index in [1.54, 1.807) is 24.1 Å². The van der Waals surface area contributed by atoms with Gasteiger partial charge in [-0.2, -0.15) is 5.26 Å². The van der Waals surface area contributed by atoms with Gasteiger partial charge < -0.3 is 19.7 Å². The molecule has 1 fully saturated rings. The van der Waals surface area contributed by atoms with Crippen molar-refractivity contribution in [2.24, 2.45) is 0 Å².